The third-order valence-electron chi connectivity index (χ3n) is 2.28. The lowest BCUT2D eigenvalue weighted by Crippen LogP contribution is -1.98. The smallest absolute Gasteiger partial charge is 0.151 e. The van der Waals surface area contributed by atoms with Gasteiger partial charge in [0.1, 0.15) is 16.7 Å². The van der Waals surface area contributed by atoms with Crippen molar-refractivity contribution in [2.45, 2.75) is 0 Å². The Bertz CT molecular complexity index is 665. The summed E-state index contributed by atoms with van der Waals surface area (Å²) in [5.41, 5.74) is 1.25. The van der Waals surface area contributed by atoms with Crippen molar-refractivity contribution in [3.63, 3.8) is 0 Å². The Hall–Kier alpha value is -0.990. The summed E-state index contributed by atoms with van der Waals surface area (Å²) in [4.78, 5) is 3.79. The maximum absolute atomic E-state index is 9.11. The highest BCUT2D eigenvalue weighted by Gasteiger charge is 2.16. The highest BCUT2D eigenvalue weighted by molar-refractivity contribution is 9.10. The van der Waals surface area contributed by atoms with Crippen molar-refractivity contribution in [3.05, 3.63) is 49.6 Å². The van der Waals surface area contributed by atoms with Crippen LogP contribution < -0.4 is 5.32 Å². The molecule has 2 rings (SSSR count). The van der Waals surface area contributed by atoms with Gasteiger partial charge < -0.3 is 5.32 Å². The molecule has 19 heavy (non-hydrogen) atoms. The maximum atomic E-state index is 9.11. The van der Waals surface area contributed by atoms with Crippen LogP contribution in [-0.2, 0) is 0 Å². The van der Waals surface area contributed by atoms with Crippen LogP contribution in [0.2, 0.25) is 15.3 Å². The van der Waals surface area contributed by atoms with Crippen molar-refractivity contribution in [2.75, 3.05) is 5.32 Å². The van der Waals surface area contributed by atoms with Crippen LogP contribution in [0.15, 0.2) is 28.7 Å². The highest BCUT2D eigenvalue weighted by Crippen LogP contribution is 2.36. The highest BCUT2D eigenvalue weighted by atomic mass is 79.9. The Balaban J connectivity index is 2.50. The molecule has 0 fully saturated rings. The van der Waals surface area contributed by atoms with Crippen molar-refractivity contribution in [1.82, 2.24) is 4.98 Å². The van der Waals surface area contributed by atoms with E-state index in [-0.39, 0.29) is 20.9 Å². The number of benzene rings is 1. The first-order valence-corrected chi connectivity index (χ1v) is 6.93. The second-order valence-corrected chi connectivity index (χ2v) is 5.51. The molecule has 0 aliphatic carbocycles. The molecular weight excluding hydrogens is 372 g/mol. The first kappa shape index (κ1) is 14.4. The Morgan fingerprint density at radius 3 is 2.32 bits per heavy atom. The van der Waals surface area contributed by atoms with E-state index in [1.54, 1.807) is 0 Å². The van der Waals surface area contributed by atoms with Gasteiger partial charge in [0.2, 0.25) is 0 Å². The van der Waals surface area contributed by atoms with Crippen LogP contribution >= 0.6 is 50.7 Å². The summed E-state index contributed by atoms with van der Waals surface area (Å²) in [6.45, 7) is 0. The number of pyridine rings is 1. The van der Waals surface area contributed by atoms with Crippen LogP contribution in [0, 0.1) is 11.3 Å². The lowest BCUT2D eigenvalue weighted by atomic mass is 10.2. The SMILES string of the molecule is N#Cc1c(Cl)nc(Cl)c(Cl)c1Nc1ccc(Br)cc1. The summed E-state index contributed by atoms with van der Waals surface area (Å²) in [6.07, 6.45) is 0. The van der Waals surface area contributed by atoms with E-state index in [1.165, 1.54) is 0 Å². The van der Waals surface area contributed by atoms with Crippen LogP contribution in [0.25, 0.3) is 0 Å². The van der Waals surface area contributed by atoms with Gasteiger partial charge in [0.25, 0.3) is 0 Å². The predicted molar refractivity (Wildman–Crippen MR) is 81.4 cm³/mol. The molecule has 0 spiro atoms. The van der Waals surface area contributed by atoms with Crippen LogP contribution in [0.1, 0.15) is 5.56 Å². The van der Waals surface area contributed by atoms with Gasteiger partial charge >= 0.3 is 0 Å². The van der Waals surface area contributed by atoms with Gasteiger partial charge in [-0.2, -0.15) is 5.26 Å². The summed E-state index contributed by atoms with van der Waals surface area (Å²) in [7, 11) is 0. The first-order valence-electron chi connectivity index (χ1n) is 5.00. The van der Waals surface area contributed by atoms with Gasteiger partial charge in [0, 0.05) is 10.2 Å². The molecule has 7 heteroatoms. The van der Waals surface area contributed by atoms with E-state index in [9.17, 15) is 0 Å². The molecule has 0 saturated heterocycles. The molecule has 1 heterocycles. The maximum Gasteiger partial charge on any atom is 0.151 e. The molecule has 96 valence electrons. The summed E-state index contributed by atoms with van der Waals surface area (Å²) in [6, 6.07) is 9.31. The number of nitrogens with zero attached hydrogens (tertiary/aromatic N) is 2. The molecule has 0 amide bonds. The summed E-state index contributed by atoms with van der Waals surface area (Å²) >= 11 is 21.1. The van der Waals surface area contributed by atoms with E-state index >= 15 is 0 Å². The average molecular weight is 377 g/mol. The topological polar surface area (TPSA) is 48.7 Å². The largest absolute Gasteiger partial charge is 0.353 e. The molecule has 0 unspecified atom stereocenters. The van der Waals surface area contributed by atoms with Crippen LogP contribution in [0.3, 0.4) is 0 Å². The number of anilines is 2. The minimum absolute atomic E-state index is 0.0107. The van der Waals surface area contributed by atoms with Crippen molar-refractivity contribution >= 4 is 62.1 Å². The van der Waals surface area contributed by atoms with Crippen molar-refractivity contribution in [3.8, 4) is 6.07 Å². The van der Waals surface area contributed by atoms with Crippen molar-refractivity contribution in [1.29, 1.82) is 5.26 Å². The van der Waals surface area contributed by atoms with E-state index in [0.717, 1.165) is 10.2 Å². The normalized spacial score (nSPS) is 10.1. The molecule has 0 aliphatic rings. The fourth-order valence-electron chi connectivity index (χ4n) is 1.40. The second kappa shape index (κ2) is 5.98. The van der Waals surface area contributed by atoms with E-state index in [2.05, 4.69) is 26.2 Å². The Morgan fingerprint density at radius 2 is 1.74 bits per heavy atom. The van der Waals surface area contributed by atoms with Crippen LogP contribution in [0.4, 0.5) is 11.4 Å². The molecule has 1 aromatic heterocycles. The van der Waals surface area contributed by atoms with Gasteiger partial charge in [0.15, 0.2) is 10.3 Å². The Labute approximate surface area is 133 Å². The van der Waals surface area contributed by atoms with Gasteiger partial charge in [-0.3, -0.25) is 0 Å². The third kappa shape index (κ3) is 3.13. The quantitative estimate of drug-likeness (QED) is 0.711. The molecule has 0 atom stereocenters. The number of nitriles is 1. The van der Waals surface area contributed by atoms with Crippen molar-refractivity contribution < 1.29 is 0 Å². The third-order valence-corrected chi connectivity index (χ3v) is 3.82. The fraction of sp³-hybridized carbons (Fsp3) is 0. The second-order valence-electron chi connectivity index (χ2n) is 3.50. The molecule has 1 aromatic carbocycles. The predicted octanol–water partition coefficient (Wildman–Crippen LogP) is 5.42. The van der Waals surface area contributed by atoms with Crippen LogP contribution in [-0.4, -0.2) is 4.98 Å². The van der Waals surface area contributed by atoms with Gasteiger partial charge in [0.05, 0.1) is 5.69 Å². The number of nitrogens with one attached hydrogen (secondary N) is 1. The lowest BCUT2D eigenvalue weighted by Gasteiger charge is -2.12. The Morgan fingerprint density at radius 1 is 1.11 bits per heavy atom. The molecule has 1 N–H and O–H groups in total. The summed E-state index contributed by atoms with van der Waals surface area (Å²) in [5, 5.41) is 12.3. The number of rotatable bonds is 2. The standard InChI is InChI=1S/C12H5BrCl3N3/c13-6-1-3-7(4-2-6)18-10-8(5-17)11(15)19-12(16)9(10)14/h1-4H,(H,18,19). The van der Waals surface area contributed by atoms with E-state index < -0.39 is 0 Å². The van der Waals surface area contributed by atoms with Gasteiger partial charge in [-0.15, -0.1) is 0 Å². The van der Waals surface area contributed by atoms with E-state index in [0.29, 0.717) is 5.69 Å². The van der Waals surface area contributed by atoms with E-state index in [4.69, 9.17) is 40.1 Å². The summed E-state index contributed by atoms with van der Waals surface area (Å²) < 4.78 is 0.940. The average Bonchev–Trinajstić information content (AvgIpc) is 2.38. The zero-order valence-electron chi connectivity index (χ0n) is 9.22. The zero-order chi connectivity index (χ0) is 14.0. The molecule has 3 nitrogen and oxygen atoms in total. The minimum Gasteiger partial charge on any atom is -0.353 e. The molecule has 0 saturated carbocycles. The monoisotopic (exact) mass is 375 g/mol. The molecule has 2 aromatic rings. The fourth-order valence-corrected chi connectivity index (χ4v) is 2.30. The number of hydrogen-bond acceptors (Lipinski definition) is 3. The minimum atomic E-state index is 0.0107. The lowest BCUT2D eigenvalue weighted by molar-refractivity contribution is 1.29. The number of halogens is 4. The summed E-state index contributed by atoms with van der Waals surface area (Å²) in [5.74, 6) is 0. The number of aromatic nitrogens is 1. The Kier molecular flexibility index (Phi) is 4.54. The molecule has 0 radical (unpaired) electrons. The molecular formula is C12H5BrCl3N3. The van der Waals surface area contributed by atoms with E-state index in [1.807, 2.05) is 30.3 Å². The van der Waals surface area contributed by atoms with Crippen LogP contribution in [0.5, 0.6) is 0 Å². The van der Waals surface area contributed by atoms with Gasteiger partial charge in [-0.1, -0.05) is 50.7 Å². The molecule has 0 aliphatic heterocycles. The molecule has 0 bridgehead atoms. The number of hydrogen-bond donors (Lipinski definition) is 1. The zero-order valence-corrected chi connectivity index (χ0v) is 13.1. The van der Waals surface area contributed by atoms with Crippen molar-refractivity contribution in [2.24, 2.45) is 0 Å². The first-order chi connectivity index (χ1) is 9.02. The van der Waals surface area contributed by atoms with Gasteiger partial charge in [-0.05, 0) is 24.3 Å². The van der Waals surface area contributed by atoms with Gasteiger partial charge in [-0.25, -0.2) is 4.98 Å².